The molecule has 0 fully saturated rings. The lowest BCUT2D eigenvalue weighted by atomic mass is 9.91. The topological polar surface area (TPSA) is 44.1 Å². The minimum atomic E-state index is -0.0796. The lowest BCUT2D eigenvalue weighted by Crippen LogP contribution is -2.10. The Morgan fingerprint density at radius 3 is 2.44 bits per heavy atom. The predicted octanol–water partition coefficient (Wildman–Crippen LogP) is 5.91. The van der Waals surface area contributed by atoms with Gasteiger partial charge < -0.3 is 4.74 Å². The standard InChI is InChI=1S/C22H29ClN2O2/c1-8-9-12-27-22-20(16(6)24-25(22)7)21(26)17-10-11-18(23)19(15(17)5)14(4)13(2)3/h10-11H,8-9,12H2,1-7H3. The molecule has 0 spiro atoms. The fourth-order valence-electron chi connectivity index (χ4n) is 3.15. The van der Waals surface area contributed by atoms with Crippen molar-refractivity contribution in [2.75, 3.05) is 6.61 Å². The summed E-state index contributed by atoms with van der Waals surface area (Å²) in [5, 5.41) is 5.06. The van der Waals surface area contributed by atoms with Crippen molar-refractivity contribution in [1.82, 2.24) is 9.78 Å². The average molecular weight is 389 g/mol. The van der Waals surface area contributed by atoms with Gasteiger partial charge in [-0.25, -0.2) is 4.68 Å². The van der Waals surface area contributed by atoms with Crippen LogP contribution in [0, 0.1) is 13.8 Å². The van der Waals surface area contributed by atoms with E-state index in [0.29, 0.717) is 34.3 Å². The number of ketones is 1. The first kappa shape index (κ1) is 21.2. The summed E-state index contributed by atoms with van der Waals surface area (Å²) < 4.78 is 7.54. The highest BCUT2D eigenvalue weighted by atomic mass is 35.5. The van der Waals surface area contributed by atoms with E-state index in [0.717, 1.165) is 29.5 Å². The van der Waals surface area contributed by atoms with Crippen molar-refractivity contribution < 1.29 is 9.53 Å². The summed E-state index contributed by atoms with van der Waals surface area (Å²) >= 11 is 6.46. The van der Waals surface area contributed by atoms with Crippen molar-refractivity contribution >= 4 is 23.0 Å². The van der Waals surface area contributed by atoms with Gasteiger partial charge in [0.1, 0.15) is 5.56 Å². The Balaban J connectivity index is 2.57. The van der Waals surface area contributed by atoms with E-state index >= 15 is 0 Å². The van der Waals surface area contributed by atoms with E-state index < -0.39 is 0 Å². The van der Waals surface area contributed by atoms with Gasteiger partial charge in [0.05, 0.1) is 12.3 Å². The molecule has 5 heteroatoms. The van der Waals surface area contributed by atoms with Crippen LogP contribution in [-0.2, 0) is 7.05 Å². The van der Waals surface area contributed by atoms with E-state index in [2.05, 4.69) is 12.0 Å². The number of aromatic nitrogens is 2. The van der Waals surface area contributed by atoms with Crippen LogP contribution in [0.2, 0.25) is 5.02 Å². The van der Waals surface area contributed by atoms with Crippen LogP contribution in [0.4, 0.5) is 0 Å². The first-order valence-electron chi connectivity index (χ1n) is 9.35. The highest BCUT2D eigenvalue weighted by molar-refractivity contribution is 6.32. The molecule has 1 aromatic heterocycles. The number of carbonyl (C=O) groups is 1. The lowest BCUT2D eigenvalue weighted by molar-refractivity contribution is 0.103. The zero-order chi connectivity index (χ0) is 20.3. The van der Waals surface area contributed by atoms with Gasteiger partial charge in [-0.1, -0.05) is 30.5 Å². The predicted molar refractivity (Wildman–Crippen MR) is 112 cm³/mol. The second-order valence-electron chi connectivity index (χ2n) is 7.14. The maximum absolute atomic E-state index is 13.4. The van der Waals surface area contributed by atoms with E-state index in [4.69, 9.17) is 16.3 Å². The molecule has 2 aromatic rings. The van der Waals surface area contributed by atoms with Gasteiger partial charge >= 0.3 is 0 Å². The van der Waals surface area contributed by atoms with Crippen LogP contribution in [0.3, 0.4) is 0 Å². The van der Waals surface area contributed by atoms with Crippen molar-refractivity contribution in [3.05, 3.63) is 50.7 Å². The van der Waals surface area contributed by atoms with Crippen molar-refractivity contribution in [3.63, 3.8) is 0 Å². The van der Waals surface area contributed by atoms with E-state index in [1.165, 1.54) is 5.57 Å². The molecule has 0 N–H and O–H groups in total. The molecule has 0 bridgehead atoms. The number of hydrogen-bond donors (Lipinski definition) is 0. The summed E-state index contributed by atoms with van der Waals surface area (Å²) in [6.45, 7) is 12.6. The summed E-state index contributed by atoms with van der Waals surface area (Å²) in [5.41, 5.74) is 5.90. The van der Waals surface area contributed by atoms with Gasteiger partial charge in [0.25, 0.3) is 0 Å². The molecule has 27 heavy (non-hydrogen) atoms. The van der Waals surface area contributed by atoms with Crippen LogP contribution in [0.1, 0.15) is 73.3 Å². The van der Waals surface area contributed by atoms with Crippen LogP contribution in [0.5, 0.6) is 5.88 Å². The second kappa shape index (κ2) is 8.75. The lowest BCUT2D eigenvalue weighted by Gasteiger charge is -2.15. The summed E-state index contributed by atoms with van der Waals surface area (Å²) in [4.78, 5) is 13.4. The molecule has 0 aliphatic rings. The highest BCUT2D eigenvalue weighted by Gasteiger charge is 2.25. The number of carbonyl (C=O) groups excluding carboxylic acids is 1. The van der Waals surface area contributed by atoms with Crippen molar-refractivity contribution in [3.8, 4) is 5.88 Å². The third-order valence-electron chi connectivity index (χ3n) is 4.92. The van der Waals surface area contributed by atoms with Gasteiger partial charge in [0, 0.05) is 17.6 Å². The Morgan fingerprint density at radius 2 is 1.85 bits per heavy atom. The number of halogens is 1. The van der Waals surface area contributed by atoms with Gasteiger partial charge in [0.15, 0.2) is 0 Å². The number of nitrogens with zero attached hydrogens (tertiary/aromatic N) is 2. The Kier molecular flexibility index (Phi) is 6.88. The van der Waals surface area contributed by atoms with Crippen LogP contribution in [0.15, 0.2) is 17.7 Å². The molecule has 0 radical (unpaired) electrons. The van der Waals surface area contributed by atoms with Gasteiger partial charge in [-0.2, -0.15) is 5.10 Å². The zero-order valence-corrected chi connectivity index (χ0v) is 18.1. The molecule has 0 saturated carbocycles. The second-order valence-corrected chi connectivity index (χ2v) is 7.55. The van der Waals surface area contributed by atoms with E-state index in [9.17, 15) is 4.79 Å². The largest absolute Gasteiger partial charge is 0.477 e. The van der Waals surface area contributed by atoms with E-state index in [-0.39, 0.29) is 5.78 Å². The molecule has 0 aliphatic carbocycles. The number of hydrogen-bond acceptors (Lipinski definition) is 3. The molecule has 2 rings (SSSR count). The van der Waals surface area contributed by atoms with Crippen molar-refractivity contribution in [2.45, 2.75) is 54.4 Å². The number of unbranched alkanes of at least 4 members (excludes halogenated alkanes) is 1. The van der Waals surface area contributed by atoms with Crippen molar-refractivity contribution in [1.29, 1.82) is 0 Å². The molecule has 0 saturated heterocycles. The third-order valence-corrected chi connectivity index (χ3v) is 5.23. The summed E-state index contributed by atoms with van der Waals surface area (Å²) in [7, 11) is 1.80. The monoisotopic (exact) mass is 388 g/mol. The molecule has 0 atom stereocenters. The number of rotatable bonds is 7. The van der Waals surface area contributed by atoms with Crippen LogP contribution >= 0.6 is 11.6 Å². The molecule has 0 unspecified atom stereocenters. The Labute approximate surface area is 167 Å². The van der Waals surface area contributed by atoms with Gasteiger partial charge in [-0.15, -0.1) is 0 Å². The molecule has 0 amide bonds. The Hall–Kier alpha value is -2.07. The highest BCUT2D eigenvalue weighted by Crippen LogP contribution is 2.33. The average Bonchev–Trinajstić information content (AvgIpc) is 2.88. The minimum absolute atomic E-state index is 0.0796. The fraction of sp³-hybridized carbons (Fsp3) is 0.455. The molecule has 1 heterocycles. The van der Waals surface area contributed by atoms with Gasteiger partial charge in [-0.3, -0.25) is 4.79 Å². The molecular weight excluding hydrogens is 360 g/mol. The molecule has 146 valence electrons. The summed E-state index contributed by atoms with van der Waals surface area (Å²) in [6, 6.07) is 3.59. The van der Waals surface area contributed by atoms with E-state index in [1.807, 2.05) is 34.6 Å². The SMILES string of the molecule is CCCCOc1c(C(=O)c2ccc(Cl)c(C(C)=C(C)C)c2C)c(C)nn1C. The van der Waals surface area contributed by atoms with Crippen LogP contribution in [-0.4, -0.2) is 22.2 Å². The van der Waals surface area contributed by atoms with E-state index in [1.54, 1.807) is 23.9 Å². The number of aryl methyl sites for hydroxylation is 2. The molecule has 0 aliphatic heterocycles. The normalized spacial score (nSPS) is 10.8. The van der Waals surface area contributed by atoms with Crippen LogP contribution < -0.4 is 4.74 Å². The van der Waals surface area contributed by atoms with Gasteiger partial charge in [0.2, 0.25) is 11.7 Å². The van der Waals surface area contributed by atoms with Crippen molar-refractivity contribution in [2.24, 2.45) is 7.05 Å². The number of benzene rings is 1. The minimum Gasteiger partial charge on any atom is -0.477 e. The maximum Gasteiger partial charge on any atom is 0.223 e. The maximum atomic E-state index is 13.4. The number of ether oxygens (including phenoxy) is 1. The fourth-order valence-corrected chi connectivity index (χ4v) is 3.49. The summed E-state index contributed by atoms with van der Waals surface area (Å²) in [6.07, 6.45) is 1.96. The molecule has 4 nitrogen and oxygen atoms in total. The number of allylic oxidation sites excluding steroid dienone is 2. The summed E-state index contributed by atoms with van der Waals surface area (Å²) in [5.74, 6) is 0.449. The molecule has 1 aromatic carbocycles. The van der Waals surface area contributed by atoms with Crippen LogP contribution in [0.25, 0.3) is 5.57 Å². The smallest absolute Gasteiger partial charge is 0.223 e. The first-order valence-corrected chi connectivity index (χ1v) is 9.73. The van der Waals surface area contributed by atoms with Gasteiger partial charge in [-0.05, 0) is 69.9 Å². The third kappa shape index (κ3) is 4.27. The zero-order valence-electron chi connectivity index (χ0n) is 17.4. The Bertz CT molecular complexity index is 890. The quantitative estimate of drug-likeness (QED) is 0.437. The first-order chi connectivity index (χ1) is 12.7. The molecular formula is C22H29ClN2O2. The Morgan fingerprint density at radius 1 is 1.19 bits per heavy atom.